The van der Waals surface area contributed by atoms with Gasteiger partial charge in [-0.2, -0.15) is 0 Å². The Bertz CT molecular complexity index is 595. The van der Waals surface area contributed by atoms with Crippen molar-refractivity contribution in [3.8, 4) is 5.75 Å². The molecule has 0 unspecified atom stereocenters. The van der Waals surface area contributed by atoms with Gasteiger partial charge >= 0.3 is 0 Å². The monoisotopic (exact) mass is 457 g/mol. The standard InChI is InChI=1S/C20H32BrN3O2S/c1-4-7-8-9-14-26-18-11-10-16(15-17(18)21)19(25)23-20(27)22-12-13-24(5-2)6-3/h10-11,15H,4-9,12-14H2,1-3H3,(H2,22,23,25,27). The van der Waals surface area contributed by atoms with Crippen LogP contribution in [0.15, 0.2) is 22.7 Å². The number of carbonyl (C=O) groups is 1. The number of hydrogen-bond donors (Lipinski definition) is 2. The summed E-state index contributed by atoms with van der Waals surface area (Å²) in [6.07, 6.45) is 4.65. The third-order valence-electron chi connectivity index (χ3n) is 4.28. The number of unbranched alkanes of at least 4 members (excludes halogenated alkanes) is 3. The van der Waals surface area contributed by atoms with E-state index in [0.717, 1.165) is 36.3 Å². The molecule has 0 aromatic heterocycles. The minimum absolute atomic E-state index is 0.231. The largest absolute Gasteiger partial charge is 0.492 e. The van der Waals surface area contributed by atoms with Gasteiger partial charge in [-0.25, -0.2) is 0 Å². The number of halogens is 1. The fraction of sp³-hybridized carbons (Fsp3) is 0.600. The molecule has 0 atom stereocenters. The summed E-state index contributed by atoms with van der Waals surface area (Å²) in [6.45, 7) is 10.7. The van der Waals surface area contributed by atoms with Crippen LogP contribution in [0, 0.1) is 0 Å². The first-order valence-electron chi connectivity index (χ1n) is 9.75. The molecule has 0 saturated heterocycles. The number of nitrogens with one attached hydrogen (secondary N) is 2. The molecule has 2 N–H and O–H groups in total. The zero-order valence-electron chi connectivity index (χ0n) is 16.6. The summed E-state index contributed by atoms with van der Waals surface area (Å²) in [5.41, 5.74) is 0.535. The van der Waals surface area contributed by atoms with Gasteiger partial charge in [0, 0.05) is 18.7 Å². The van der Waals surface area contributed by atoms with Crippen molar-refractivity contribution in [1.29, 1.82) is 0 Å². The molecule has 0 saturated carbocycles. The topological polar surface area (TPSA) is 53.6 Å². The number of amides is 1. The van der Waals surface area contributed by atoms with Crippen LogP contribution < -0.4 is 15.4 Å². The Hall–Kier alpha value is -1.18. The minimum atomic E-state index is -0.231. The molecule has 1 rings (SSSR count). The second-order valence-corrected chi connectivity index (χ2v) is 7.55. The molecule has 0 fully saturated rings. The van der Waals surface area contributed by atoms with Crippen LogP contribution >= 0.6 is 28.1 Å². The van der Waals surface area contributed by atoms with Crippen LogP contribution in [0.3, 0.4) is 0 Å². The predicted octanol–water partition coefficient (Wildman–Crippen LogP) is 4.35. The molecule has 1 amide bonds. The Labute approximate surface area is 177 Å². The highest BCUT2D eigenvalue weighted by molar-refractivity contribution is 9.10. The number of hydrogen-bond acceptors (Lipinski definition) is 4. The van der Waals surface area contributed by atoms with E-state index >= 15 is 0 Å². The Morgan fingerprint density at radius 2 is 1.93 bits per heavy atom. The molecule has 152 valence electrons. The van der Waals surface area contributed by atoms with Crippen molar-refractivity contribution in [2.75, 3.05) is 32.8 Å². The molecule has 1 aromatic rings. The third-order valence-corrected chi connectivity index (χ3v) is 5.15. The smallest absolute Gasteiger partial charge is 0.257 e. The number of carbonyl (C=O) groups excluding carboxylic acids is 1. The van der Waals surface area contributed by atoms with E-state index < -0.39 is 0 Å². The highest BCUT2D eigenvalue weighted by Crippen LogP contribution is 2.26. The maximum atomic E-state index is 12.3. The summed E-state index contributed by atoms with van der Waals surface area (Å²) in [4.78, 5) is 14.6. The molecule has 0 aliphatic rings. The van der Waals surface area contributed by atoms with Gasteiger partial charge in [0.1, 0.15) is 5.75 Å². The third kappa shape index (κ3) is 9.53. The summed E-state index contributed by atoms with van der Waals surface area (Å²) in [5, 5.41) is 6.14. The fourth-order valence-corrected chi connectivity index (χ4v) is 3.24. The summed E-state index contributed by atoms with van der Waals surface area (Å²) in [6, 6.07) is 5.32. The Balaban J connectivity index is 2.43. The molecular formula is C20H32BrN3O2S. The van der Waals surface area contributed by atoms with Crippen molar-refractivity contribution in [2.45, 2.75) is 46.5 Å². The molecule has 1 aromatic carbocycles. The normalized spacial score (nSPS) is 10.7. The van der Waals surface area contributed by atoms with Gasteiger partial charge in [0.05, 0.1) is 11.1 Å². The molecule has 5 nitrogen and oxygen atoms in total. The predicted molar refractivity (Wildman–Crippen MR) is 120 cm³/mol. The van der Waals surface area contributed by atoms with Gasteiger partial charge < -0.3 is 15.0 Å². The lowest BCUT2D eigenvalue weighted by atomic mass is 10.2. The van der Waals surface area contributed by atoms with Crippen molar-refractivity contribution in [3.05, 3.63) is 28.2 Å². The zero-order valence-corrected chi connectivity index (χ0v) is 19.0. The lowest BCUT2D eigenvalue weighted by Crippen LogP contribution is -2.42. The van der Waals surface area contributed by atoms with E-state index in [0.29, 0.717) is 23.8 Å². The lowest BCUT2D eigenvalue weighted by molar-refractivity contribution is 0.0976. The van der Waals surface area contributed by atoms with E-state index in [1.807, 2.05) is 6.07 Å². The number of likely N-dealkylation sites (N-methyl/N-ethyl adjacent to an activating group) is 1. The van der Waals surface area contributed by atoms with Gasteiger partial charge in [0.2, 0.25) is 0 Å². The highest BCUT2D eigenvalue weighted by Gasteiger charge is 2.11. The maximum absolute atomic E-state index is 12.3. The van der Waals surface area contributed by atoms with E-state index in [1.54, 1.807) is 12.1 Å². The van der Waals surface area contributed by atoms with Crippen LogP contribution in [-0.2, 0) is 0 Å². The van der Waals surface area contributed by atoms with Crippen LogP contribution in [-0.4, -0.2) is 48.7 Å². The summed E-state index contributed by atoms with van der Waals surface area (Å²) < 4.78 is 6.54. The SMILES string of the molecule is CCCCCCOc1ccc(C(=O)NC(=S)NCCN(CC)CC)cc1Br. The summed E-state index contributed by atoms with van der Waals surface area (Å²) in [7, 11) is 0. The van der Waals surface area contributed by atoms with Crippen LogP contribution in [0.5, 0.6) is 5.75 Å². The minimum Gasteiger partial charge on any atom is -0.492 e. The molecule has 0 radical (unpaired) electrons. The average molecular weight is 458 g/mol. The first-order chi connectivity index (χ1) is 13.0. The molecule has 0 spiro atoms. The van der Waals surface area contributed by atoms with Crippen molar-refractivity contribution < 1.29 is 9.53 Å². The first-order valence-corrected chi connectivity index (χ1v) is 11.0. The van der Waals surface area contributed by atoms with Crippen molar-refractivity contribution in [1.82, 2.24) is 15.5 Å². The second-order valence-electron chi connectivity index (χ2n) is 6.29. The molecule has 0 aliphatic heterocycles. The quantitative estimate of drug-likeness (QED) is 0.360. The summed E-state index contributed by atoms with van der Waals surface area (Å²) >= 11 is 8.69. The zero-order chi connectivity index (χ0) is 20.1. The van der Waals surface area contributed by atoms with Gasteiger partial charge in [0.15, 0.2) is 5.11 Å². The van der Waals surface area contributed by atoms with Gasteiger partial charge in [-0.3, -0.25) is 10.1 Å². The van der Waals surface area contributed by atoms with E-state index in [9.17, 15) is 4.79 Å². The van der Waals surface area contributed by atoms with Crippen LogP contribution in [0.1, 0.15) is 56.8 Å². The number of thiocarbonyl (C=S) groups is 1. The highest BCUT2D eigenvalue weighted by atomic mass is 79.9. The molecule has 7 heteroatoms. The van der Waals surface area contributed by atoms with Gasteiger partial charge in [-0.05, 0) is 65.9 Å². The van der Waals surface area contributed by atoms with E-state index in [-0.39, 0.29) is 5.91 Å². The van der Waals surface area contributed by atoms with Crippen molar-refractivity contribution in [2.24, 2.45) is 0 Å². The lowest BCUT2D eigenvalue weighted by Gasteiger charge is -2.18. The number of ether oxygens (including phenoxy) is 1. The molecule has 27 heavy (non-hydrogen) atoms. The van der Waals surface area contributed by atoms with Crippen LogP contribution in [0.4, 0.5) is 0 Å². The van der Waals surface area contributed by atoms with Gasteiger partial charge in [-0.15, -0.1) is 0 Å². The summed E-state index contributed by atoms with van der Waals surface area (Å²) in [5.74, 6) is 0.522. The van der Waals surface area contributed by atoms with Crippen LogP contribution in [0.2, 0.25) is 0 Å². The second kappa shape index (κ2) is 13.9. The van der Waals surface area contributed by atoms with E-state index in [2.05, 4.69) is 52.2 Å². The molecule has 0 bridgehead atoms. The number of benzene rings is 1. The maximum Gasteiger partial charge on any atom is 0.257 e. The van der Waals surface area contributed by atoms with Crippen molar-refractivity contribution in [3.63, 3.8) is 0 Å². The Kier molecular flexibility index (Phi) is 12.3. The van der Waals surface area contributed by atoms with E-state index in [4.69, 9.17) is 17.0 Å². The number of nitrogens with zero attached hydrogens (tertiary/aromatic N) is 1. The Morgan fingerprint density at radius 3 is 2.56 bits per heavy atom. The van der Waals surface area contributed by atoms with Gasteiger partial charge in [0.25, 0.3) is 5.91 Å². The van der Waals surface area contributed by atoms with Gasteiger partial charge in [-0.1, -0.05) is 40.0 Å². The Morgan fingerprint density at radius 1 is 1.19 bits per heavy atom. The molecule has 0 heterocycles. The molecular weight excluding hydrogens is 426 g/mol. The fourth-order valence-electron chi connectivity index (χ4n) is 2.56. The number of rotatable bonds is 12. The average Bonchev–Trinajstić information content (AvgIpc) is 2.66. The van der Waals surface area contributed by atoms with E-state index in [1.165, 1.54) is 19.3 Å². The van der Waals surface area contributed by atoms with Crippen molar-refractivity contribution >= 4 is 39.2 Å². The molecule has 0 aliphatic carbocycles. The van der Waals surface area contributed by atoms with Crippen LogP contribution in [0.25, 0.3) is 0 Å². The first kappa shape index (κ1) is 23.9.